The summed E-state index contributed by atoms with van der Waals surface area (Å²) < 4.78 is 0. The molecule has 8 heteroatoms. The second kappa shape index (κ2) is 8.88. The molecule has 1 heterocycles. The van der Waals surface area contributed by atoms with Crippen LogP contribution in [-0.2, 0) is 10.5 Å². The average Bonchev–Trinajstić information content (AvgIpc) is 2.67. The van der Waals surface area contributed by atoms with Crippen LogP contribution in [0.15, 0.2) is 42.5 Å². The second-order valence-electron chi connectivity index (χ2n) is 6.69. The molecule has 0 saturated carbocycles. The molecule has 1 atom stereocenters. The van der Waals surface area contributed by atoms with Crippen LogP contribution in [0.3, 0.4) is 0 Å². The molecular formula is C20H24N6OS. The summed E-state index contributed by atoms with van der Waals surface area (Å²) in [5.74, 6) is 2.05. The summed E-state index contributed by atoms with van der Waals surface area (Å²) in [6.45, 7) is 1.99. The molecule has 0 bridgehead atoms. The molecule has 3 N–H and O–H groups in total. The molecule has 0 aliphatic heterocycles. The number of anilines is 2. The molecule has 1 amide bonds. The molecule has 0 aliphatic carbocycles. The number of carbonyl (C=O) groups excluding carboxylic acids is 1. The Labute approximate surface area is 168 Å². The summed E-state index contributed by atoms with van der Waals surface area (Å²) in [6.07, 6.45) is 0. The predicted octanol–water partition coefficient (Wildman–Crippen LogP) is 2.78. The third kappa shape index (κ3) is 5.10. The first-order chi connectivity index (χ1) is 13.4. The van der Waals surface area contributed by atoms with E-state index in [1.165, 1.54) is 22.5 Å². The van der Waals surface area contributed by atoms with Crippen LogP contribution in [0, 0.1) is 0 Å². The van der Waals surface area contributed by atoms with Crippen molar-refractivity contribution in [3.8, 4) is 0 Å². The van der Waals surface area contributed by atoms with Gasteiger partial charge in [0, 0.05) is 14.1 Å². The van der Waals surface area contributed by atoms with E-state index in [0.717, 1.165) is 5.56 Å². The Morgan fingerprint density at radius 1 is 1.14 bits per heavy atom. The number of aromatic nitrogens is 3. The molecule has 3 aromatic rings. The lowest BCUT2D eigenvalue weighted by atomic mass is 10.0. The fourth-order valence-corrected chi connectivity index (χ4v) is 3.45. The maximum atomic E-state index is 12.3. The highest BCUT2D eigenvalue weighted by Crippen LogP contribution is 2.20. The van der Waals surface area contributed by atoms with E-state index >= 15 is 0 Å². The van der Waals surface area contributed by atoms with Gasteiger partial charge in [-0.15, -0.1) is 11.8 Å². The van der Waals surface area contributed by atoms with E-state index in [1.54, 1.807) is 4.90 Å². The fraction of sp³-hybridized carbons (Fsp3) is 0.300. The third-order valence-corrected chi connectivity index (χ3v) is 5.13. The van der Waals surface area contributed by atoms with Crippen LogP contribution in [0.25, 0.3) is 10.8 Å². The van der Waals surface area contributed by atoms with Gasteiger partial charge >= 0.3 is 0 Å². The Bertz CT molecular complexity index is 978. The lowest BCUT2D eigenvalue weighted by Gasteiger charge is -2.15. The number of benzene rings is 2. The number of hydrogen-bond donors (Lipinski definition) is 2. The van der Waals surface area contributed by atoms with E-state index in [0.29, 0.717) is 23.3 Å². The first-order valence-corrected chi connectivity index (χ1v) is 10.1. The predicted molar refractivity (Wildman–Crippen MR) is 115 cm³/mol. The number of hydrogen-bond acceptors (Lipinski definition) is 7. The zero-order valence-corrected chi connectivity index (χ0v) is 17.0. The van der Waals surface area contributed by atoms with Crippen LogP contribution in [0.5, 0.6) is 0 Å². The van der Waals surface area contributed by atoms with Gasteiger partial charge in [0.2, 0.25) is 17.8 Å². The minimum Gasteiger partial charge on any atom is -0.368 e. The van der Waals surface area contributed by atoms with Crippen LogP contribution >= 0.6 is 11.8 Å². The van der Waals surface area contributed by atoms with E-state index in [2.05, 4.69) is 50.6 Å². The molecule has 1 unspecified atom stereocenters. The van der Waals surface area contributed by atoms with Crippen molar-refractivity contribution in [2.75, 3.05) is 30.5 Å². The number of nitrogens with one attached hydrogen (secondary N) is 1. The maximum absolute atomic E-state index is 12.3. The summed E-state index contributed by atoms with van der Waals surface area (Å²) in [6, 6.07) is 14.4. The van der Waals surface area contributed by atoms with Crippen LogP contribution in [-0.4, -0.2) is 40.7 Å². The largest absolute Gasteiger partial charge is 0.368 e. The fourth-order valence-electron chi connectivity index (χ4n) is 2.77. The highest BCUT2D eigenvalue weighted by atomic mass is 32.2. The number of fused-ring (bicyclic) bond motifs is 1. The van der Waals surface area contributed by atoms with Crippen LogP contribution < -0.4 is 16.0 Å². The van der Waals surface area contributed by atoms with Gasteiger partial charge in [0.15, 0.2) is 0 Å². The molecule has 1 aromatic heterocycles. The number of nitrogens with two attached hydrogens (primary N) is 1. The smallest absolute Gasteiger partial charge is 0.230 e. The van der Waals surface area contributed by atoms with Gasteiger partial charge in [-0.3, -0.25) is 4.79 Å². The van der Waals surface area contributed by atoms with Crippen molar-refractivity contribution in [3.63, 3.8) is 0 Å². The Hall–Kier alpha value is -2.87. The normalized spacial score (nSPS) is 12.0. The third-order valence-electron chi connectivity index (χ3n) is 4.20. The zero-order valence-electron chi connectivity index (χ0n) is 16.2. The van der Waals surface area contributed by atoms with Gasteiger partial charge in [-0.25, -0.2) is 0 Å². The Morgan fingerprint density at radius 3 is 2.64 bits per heavy atom. The van der Waals surface area contributed by atoms with E-state index in [1.807, 2.05) is 33.2 Å². The molecular weight excluding hydrogens is 372 g/mol. The van der Waals surface area contributed by atoms with Crippen molar-refractivity contribution >= 4 is 40.3 Å². The van der Waals surface area contributed by atoms with E-state index in [4.69, 9.17) is 5.73 Å². The number of thioether (sulfide) groups is 1. The molecule has 0 saturated heterocycles. The van der Waals surface area contributed by atoms with Gasteiger partial charge in [-0.2, -0.15) is 15.0 Å². The van der Waals surface area contributed by atoms with Crippen LogP contribution in [0.4, 0.5) is 11.9 Å². The van der Waals surface area contributed by atoms with Crippen molar-refractivity contribution in [2.45, 2.75) is 18.7 Å². The summed E-state index contributed by atoms with van der Waals surface area (Å²) in [5, 5.41) is 5.40. The molecule has 0 fully saturated rings. The molecule has 0 aliphatic rings. The highest BCUT2D eigenvalue weighted by Gasteiger charge is 2.12. The monoisotopic (exact) mass is 396 g/mol. The number of rotatable bonds is 7. The lowest BCUT2D eigenvalue weighted by molar-refractivity contribution is -0.119. The lowest BCUT2D eigenvalue weighted by Crippen LogP contribution is -2.28. The molecule has 146 valence electrons. The van der Waals surface area contributed by atoms with Crippen molar-refractivity contribution < 1.29 is 4.79 Å². The van der Waals surface area contributed by atoms with E-state index in [9.17, 15) is 4.79 Å². The number of amides is 1. The molecule has 0 spiro atoms. The maximum Gasteiger partial charge on any atom is 0.230 e. The minimum absolute atomic E-state index is 0.0273. The van der Waals surface area contributed by atoms with Crippen LogP contribution in [0.2, 0.25) is 0 Å². The summed E-state index contributed by atoms with van der Waals surface area (Å²) in [4.78, 5) is 26.6. The zero-order chi connectivity index (χ0) is 20.1. The topological polar surface area (TPSA) is 97.0 Å². The Balaban J connectivity index is 1.53. The first-order valence-electron chi connectivity index (χ1n) is 8.96. The Morgan fingerprint density at radius 2 is 1.89 bits per heavy atom. The molecule has 28 heavy (non-hydrogen) atoms. The van der Waals surface area contributed by atoms with Crippen molar-refractivity contribution in [1.29, 1.82) is 0 Å². The molecule has 3 rings (SSSR count). The van der Waals surface area contributed by atoms with Gasteiger partial charge in [0.1, 0.15) is 5.82 Å². The van der Waals surface area contributed by atoms with E-state index in [-0.39, 0.29) is 17.9 Å². The van der Waals surface area contributed by atoms with Crippen molar-refractivity contribution in [2.24, 2.45) is 0 Å². The summed E-state index contributed by atoms with van der Waals surface area (Å²) in [5.41, 5.74) is 6.80. The standard InChI is InChI=1S/C20H24N6OS/c1-13(15-9-8-14-6-4-5-7-16(14)10-15)22-18(27)12-28-11-17-23-19(21)25-20(24-17)26(2)3/h4-10,13H,11-12H2,1-3H3,(H,22,27)(H2,21,23,24,25). The number of carbonyl (C=O) groups is 1. The Kier molecular flexibility index (Phi) is 6.30. The van der Waals surface area contributed by atoms with Gasteiger partial charge in [0.25, 0.3) is 0 Å². The van der Waals surface area contributed by atoms with Gasteiger partial charge in [-0.05, 0) is 29.3 Å². The second-order valence-corrected chi connectivity index (χ2v) is 7.68. The SMILES string of the molecule is CC(NC(=O)CSCc1nc(N)nc(N(C)C)n1)c1ccc2ccccc2c1. The highest BCUT2D eigenvalue weighted by molar-refractivity contribution is 7.99. The van der Waals surface area contributed by atoms with Crippen molar-refractivity contribution in [3.05, 3.63) is 53.9 Å². The van der Waals surface area contributed by atoms with E-state index < -0.39 is 0 Å². The van der Waals surface area contributed by atoms with Gasteiger partial charge in [0.05, 0.1) is 17.5 Å². The first kappa shape index (κ1) is 19.9. The minimum atomic E-state index is -0.0640. The molecule has 0 radical (unpaired) electrons. The molecule has 2 aromatic carbocycles. The number of nitrogen functional groups attached to an aromatic ring is 1. The van der Waals surface area contributed by atoms with Crippen LogP contribution in [0.1, 0.15) is 24.4 Å². The average molecular weight is 397 g/mol. The summed E-state index contributed by atoms with van der Waals surface area (Å²) >= 11 is 1.44. The van der Waals surface area contributed by atoms with Gasteiger partial charge in [-0.1, -0.05) is 36.4 Å². The molecule has 7 nitrogen and oxygen atoms in total. The van der Waals surface area contributed by atoms with Gasteiger partial charge < -0.3 is 16.0 Å². The summed E-state index contributed by atoms with van der Waals surface area (Å²) in [7, 11) is 3.68. The van der Waals surface area contributed by atoms with Crippen molar-refractivity contribution in [1.82, 2.24) is 20.3 Å². The quantitative estimate of drug-likeness (QED) is 0.634. The number of nitrogens with zero attached hydrogens (tertiary/aromatic N) is 4.